The number of rotatable bonds is 1. The van der Waals surface area contributed by atoms with Gasteiger partial charge in [0.05, 0.1) is 0 Å². The van der Waals surface area contributed by atoms with Crippen LogP contribution in [0.4, 0.5) is 0 Å². The largest absolute Gasteiger partial charge is 0.494 e. The lowest BCUT2D eigenvalue weighted by Crippen LogP contribution is -1.76. The molecular weight excluding hydrogens is 230 g/mol. The van der Waals surface area contributed by atoms with E-state index in [9.17, 15) is 5.11 Å². The van der Waals surface area contributed by atoms with Crippen LogP contribution in [0.15, 0.2) is 22.7 Å². The highest BCUT2D eigenvalue weighted by atomic mass is 79.9. The van der Waals surface area contributed by atoms with Gasteiger partial charge in [-0.3, -0.25) is 0 Å². The van der Waals surface area contributed by atoms with Gasteiger partial charge in [-0.05, 0) is 24.6 Å². The first-order valence-corrected chi connectivity index (χ1v) is 5.00. The predicted octanol–water partition coefficient (Wildman–Crippen LogP) is 3.20. The molecule has 1 heterocycles. The molecule has 0 atom stereocenters. The van der Waals surface area contributed by atoms with Crippen molar-refractivity contribution in [2.45, 2.75) is 13.3 Å². The number of nitrogens with one attached hydrogen (secondary N) is 1. The Bertz CT molecular complexity index is 447. The van der Waals surface area contributed by atoms with Crippen molar-refractivity contribution in [3.63, 3.8) is 0 Å². The second-order valence-corrected chi connectivity index (χ2v) is 3.91. The third-order valence-electron chi connectivity index (χ3n) is 2.20. The third-order valence-corrected chi connectivity index (χ3v) is 2.69. The van der Waals surface area contributed by atoms with Gasteiger partial charge in [-0.1, -0.05) is 22.9 Å². The summed E-state index contributed by atoms with van der Waals surface area (Å²) in [5, 5.41) is 10.6. The summed E-state index contributed by atoms with van der Waals surface area (Å²) >= 11 is 3.41. The first-order chi connectivity index (χ1) is 6.22. The smallest absolute Gasteiger partial charge is 0.192 e. The third kappa shape index (κ3) is 1.33. The molecule has 0 amide bonds. The van der Waals surface area contributed by atoms with Crippen LogP contribution in [0.25, 0.3) is 10.9 Å². The minimum atomic E-state index is 0.288. The summed E-state index contributed by atoms with van der Waals surface area (Å²) in [4.78, 5) is 2.94. The Kier molecular flexibility index (Phi) is 2.04. The second-order valence-electron chi connectivity index (χ2n) is 3.00. The van der Waals surface area contributed by atoms with E-state index in [1.165, 1.54) is 0 Å². The number of aromatic nitrogens is 1. The first-order valence-electron chi connectivity index (χ1n) is 4.21. The summed E-state index contributed by atoms with van der Waals surface area (Å²) < 4.78 is 1.04. The molecule has 13 heavy (non-hydrogen) atoms. The number of aromatic hydroxyl groups is 1. The summed E-state index contributed by atoms with van der Waals surface area (Å²) in [5.41, 5.74) is 1.97. The lowest BCUT2D eigenvalue weighted by Gasteiger charge is -1.94. The molecule has 0 aliphatic heterocycles. The summed E-state index contributed by atoms with van der Waals surface area (Å²) in [7, 11) is 0. The van der Waals surface area contributed by atoms with Crippen LogP contribution in [0.5, 0.6) is 5.88 Å². The number of hydrogen-bond donors (Lipinski definition) is 2. The fourth-order valence-electron chi connectivity index (χ4n) is 1.56. The molecule has 0 radical (unpaired) electrons. The van der Waals surface area contributed by atoms with Gasteiger partial charge in [-0.2, -0.15) is 0 Å². The fraction of sp³-hybridized carbons (Fsp3) is 0.200. The van der Waals surface area contributed by atoms with Gasteiger partial charge in [-0.15, -0.1) is 0 Å². The Morgan fingerprint density at radius 1 is 1.46 bits per heavy atom. The fourth-order valence-corrected chi connectivity index (χ4v) is 1.92. The molecule has 0 bridgehead atoms. The maximum absolute atomic E-state index is 9.55. The minimum absolute atomic E-state index is 0.288. The van der Waals surface area contributed by atoms with E-state index in [0.717, 1.165) is 27.4 Å². The standard InChI is InChI=1S/C10H10BrNO/c1-2-7-8-5-6(11)3-4-9(8)12-10(7)13/h3-5,12-13H,2H2,1H3. The van der Waals surface area contributed by atoms with Crippen molar-refractivity contribution in [2.75, 3.05) is 0 Å². The molecule has 0 aliphatic rings. The van der Waals surface area contributed by atoms with Gasteiger partial charge in [-0.25, -0.2) is 0 Å². The number of aryl methyl sites for hydroxylation is 1. The van der Waals surface area contributed by atoms with E-state index in [4.69, 9.17) is 0 Å². The average Bonchev–Trinajstić information content (AvgIpc) is 2.40. The molecule has 2 aromatic rings. The van der Waals surface area contributed by atoms with E-state index in [1.54, 1.807) is 0 Å². The molecule has 1 aromatic carbocycles. The zero-order chi connectivity index (χ0) is 9.42. The van der Waals surface area contributed by atoms with Gasteiger partial charge in [0.25, 0.3) is 0 Å². The van der Waals surface area contributed by atoms with Crippen LogP contribution in [-0.2, 0) is 6.42 Å². The number of fused-ring (bicyclic) bond motifs is 1. The van der Waals surface area contributed by atoms with Gasteiger partial charge >= 0.3 is 0 Å². The highest BCUT2D eigenvalue weighted by molar-refractivity contribution is 9.10. The number of halogens is 1. The number of H-pyrrole nitrogens is 1. The zero-order valence-electron chi connectivity index (χ0n) is 7.26. The number of benzene rings is 1. The molecule has 2 rings (SSSR count). The molecule has 0 saturated heterocycles. The molecule has 2 nitrogen and oxygen atoms in total. The van der Waals surface area contributed by atoms with E-state index in [0.29, 0.717) is 0 Å². The Balaban J connectivity index is 2.80. The minimum Gasteiger partial charge on any atom is -0.494 e. The Labute approximate surface area is 84.7 Å². The van der Waals surface area contributed by atoms with Crippen molar-refractivity contribution in [1.29, 1.82) is 0 Å². The summed E-state index contributed by atoms with van der Waals surface area (Å²) in [5.74, 6) is 0.288. The number of aromatic amines is 1. The lowest BCUT2D eigenvalue weighted by molar-refractivity contribution is 0.452. The van der Waals surface area contributed by atoms with Gasteiger partial charge in [0, 0.05) is 20.9 Å². The summed E-state index contributed by atoms with van der Waals surface area (Å²) in [6.07, 6.45) is 0.836. The van der Waals surface area contributed by atoms with Gasteiger partial charge in [0.2, 0.25) is 0 Å². The van der Waals surface area contributed by atoms with Crippen molar-refractivity contribution in [2.24, 2.45) is 0 Å². The molecular formula is C10H10BrNO. The predicted molar refractivity (Wildman–Crippen MR) is 57.0 cm³/mol. The summed E-state index contributed by atoms with van der Waals surface area (Å²) in [6, 6.07) is 5.93. The molecule has 0 fully saturated rings. The van der Waals surface area contributed by atoms with E-state index in [-0.39, 0.29) is 5.88 Å². The van der Waals surface area contributed by atoms with E-state index >= 15 is 0 Å². The van der Waals surface area contributed by atoms with Gasteiger partial charge in [0.15, 0.2) is 5.88 Å². The summed E-state index contributed by atoms with van der Waals surface area (Å²) in [6.45, 7) is 2.03. The topological polar surface area (TPSA) is 36.0 Å². The highest BCUT2D eigenvalue weighted by Crippen LogP contribution is 2.29. The molecule has 0 aliphatic carbocycles. The quantitative estimate of drug-likeness (QED) is 0.788. The monoisotopic (exact) mass is 239 g/mol. The molecule has 1 aromatic heterocycles. The van der Waals surface area contributed by atoms with Gasteiger partial charge < -0.3 is 10.1 Å². The zero-order valence-corrected chi connectivity index (χ0v) is 8.85. The SMILES string of the molecule is CCc1c(O)[nH]c2ccc(Br)cc12. The van der Waals surface area contributed by atoms with Crippen LogP contribution >= 0.6 is 15.9 Å². The number of hydrogen-bond acceptors (Lipinski definition) is 1. The van der Waals surface area contributed by atoms with Crippen LogP contribution in [-0.4, -0.2) is 10.1 Å². The van der Waals surface area contributed by atoms with Crippen molar-refractivity contribution in [3.05, 3.63) is 28.2 Å². The van der Waals surface area contributed by atoms with Crippen LogP contribution in [0.3, 0.4) is 0 Å². The van der Waals surface area contributed by atoms with E-state index < -0.39 is 0 Å². The van der Waals surface area contributed by atoms with Crippen LogP contribution in [0, 0.1) is 0 Å². The maximum atomic E-state index is 9.55. The molecule has 0 saturated carbocycles. The Hall–Kier alpha value is -0.960. The molecule has 0 spiro atoms. The van der Waals surface area contributed by atoms with Crippen LogP contribution in [0.1, 0.15) is 12.5 Å². The van der Waals surface area contributed by atoms with Crippen molar-refractivity contribution < 1.29 is 5.11 Å². The Morgan fingerprint density at radius 2 is 2.23 bits per heavy atom. The van der Waals surface area contributed by atoms with Crippen molar-refractivity contribution in [1.82, 2.24) is 4.98 Å². The molecule has 68 valence electrons. The maximum Gasteiger partial charge on any atom is 0.192 e. The van der Waals surface area contributed by atoms with Crippen LogP contribution < -0.4 is 0 Å². The molecule has 2 N–H and O–H groups in total. The van der Waals surface area contributed by atoms with Crippen molar-refractivity contribution >= 4 is 26.8 Å². The Morgan fingerprint density at radius 3 is 2.92 bits per heavy atom. The normalized spacial score (nSPS) is 10.9. The highest BCUT2D eigenvalue weighted by Gasteiger charge is 2.08. The second kappa shape index (κ2) is 3.07. The molecule has 0 unspecified atom stereocenters. The molecule has 3 heteroatoms. The first kappa shape index (κ1) is 8.63. The van der Waals surface area contributed by atoms with E-state index in [1.807, 2.05) is 25.1 Å². The average molecular weight is 240 g/mol. The van der Waals surface area contributed by atoms with Crippen molar-refractivity contribution in [3.8, 4) is 5.88 Å². The van der Waals surface area contributed by atoms with Gasteiger partial charge in [0.1, 0.15) is 0 Å². The lowest BCUT2D eigenvalue weighted by atomic mass is 10.1. The van der Waals surface area contributed by atoms with E-state index in [2.05, 4.69) is 20.9 Å². The van der Waals surface area contributed by atoms with Crippen LogP contribution in [0.2, 0.25) is 0 Å².